The van der Waals surface area contributed by atoms with Gasteiger partial charge in [-0.05, 0) is 63.0 Å². The van der Waals surface area contributed by atoms with Crippen LogP contribution in [0.1, 0.15) is 49.9 Å². The van der Waals surface area contributed by atoms with E-state index in [4.69, 9.17) is 4.74 Å². The lowest BCUT2D eigenvalue weighted by Crippen LogP contribution is -2.48. The number of ether oxygens (including phenoxy) is 1. The maximum absolute atomic E-state index is 12.5. The average Bonchev–Trinajstić information content (AvgIpc) is 2.97. The molecule has 3 rings (SSSR count). The summed E-state index contributed by atoms with van der Waals surface area (Å²) in [6.45, 7) is 7.99. The largest absolute Gasteiger partial charge is 0.492 e. The molecule has 27 heavy (non-hydrogen) atoms. The normalized spacial score (nSPS) is 23.3. The number of halogens is 2. The first kappa shape index (κ1) is 24.0. The maximum Gasteiger partial charge on any atom is 0.251 e. The predicted molar refractivity (Wildman–Crippen MR) is 115 cm³/mol. The van der Waals surface area contributed by atoms with Gasteiger partial charge in [0, 0.05) is 30.2 Å². The summed E-state index contributed by atoms with van der Waals surface area (Å²) in [4.78, 5) is 14.8. The van der Waals surface area contributed by atoms with Gasteiger partial charge in [-0.25, -0.2) is 0 Å². The second-order valence-corrected chi connectivity index (χ2v) is 7.18. The van der Waals surface area contributed by atoms with Gasteiger partial charge in [0.2, 0.25) is 0 Å². The Morgan fingerprint density at radius 3 is 2.26 bits per heavy atom. The molecule has 2 aliphatic heterocycles. The van der Waals surface area contributed by atoms with Crippen molar-refractivity contribution < 1.29 is 9.53 Å². The number of fused-ring (bicyclic) bond motifs is 2. The van der Waals surface area contributed by atoms with Gasteiger partial charge in [0.25, 0.3) is 5.91 Å². The smallest absolute Gasteiger partial charge is 0.251 e. The Bertz CT molecular complexity index is 555. The van der Waals surface area contributed by atoms with Crippen LogP contribution in [-0.2, 0) is 0 Å². The van der Waals surface area contributed by atoms with Crippen molar-refractivity contribution in [2.24, 2.45) is 0 Å². The summed E-state index contributed by atoms with van der Waals surface area (Å²) in [5, 5.41) is 6.81. The third-order valence-corrected chi connectivity index (χ3v) is 5.50. The van der Waals surface area contributed by atoms with Crippen LogP contribution in [-0.4, -0.2) is 55.2 Å². The summed E-state index contributed by atoms with van der Waals surface area (Å²) in [6.07, 6.45) is 4.59. The number of hydrogen-bond donors (Lipinski definition) is 2. The van der Waals surface area contributed by atoms with Crippen LogP contribution in [0.2, 0.25) is 0 Å². The lowest BCUT2D eigenvalue weighted by Gasteiger charge is -2.29. The van der Waals surface area contributed by atoms with E-state index in [1.54, 1.807) is 0 Å². The van der Waals surface area contributed by atoms with Gasteiger partial charge >= 0.3 is 0 Å². The number of nitrogens with zero attached hydrogens (tertiary/aromatic N) is 1. The molecule has 7 heteroatoms. The lowest BCUT2D eigenvalue weighted by molar-refractivity contribution is 0.0924. The maximum atomic E-state index is 12.5. The quantitative estimate of drug-likeness (QED) is 0.681. The minimum absolute atomic E-state index is 0. The van der Waals surface area contributed by atoms with Gasteiger partial charge in [-0.2, -0.15) is 0 Å². The van der Waals surface area contributed by atoms with Crippen LogP contribution in [0.4, 0.5) is 0 Å². The Labute approximate surface area is 175 Å². The number of benzene rings is 1. The molecule has 0 spiro atoms. The van der Waals surface area contributed by atoms with E-state index in [1.807, 2.05) is 24.3 Å². The van der Waals surface area contributed by atoms with Gasteiger partial charge in [0.15, 0.2) is 0 Å². The Morgan fingerprint density at radius 1 is 1.11 bits per heavy atom. The van der Waals surface area contributed by atoms with E-state index in [0.717, 1.165) is 38.2 Å². The van der Waals surface area contributed by atoms with Crippen molar-refractivity contribution in [1.29, 1.82) is 0 Å². The number of likely N-dealkylation sites (N-methyl/N-ethyl adjacent to an activating group) is 1. The molecular formula is C20H33Cl2N3O2. The fraction of sp³-hybridized carbons (Fsp3) is 0.650. The highest BCUT2D eigenvalue weighted by Gasteiger charge is 2.34. The van der Waals surface area contributed by atoms with Crippen molar-refractivity contribution in [3.63, 3.8) is 0 Å². The van der Waals surface area contributed by atoms with Crippen LogP contribution in [0.5, 0.6) is 5.75 Å². The van der Waals surface area contributed by atoms with E-state index >= 15 is 0 Å². The van der Waals surface area contributed by atoms with Crippen LogP contribution in [0.3, 0.4) is 0 Å². The molecule has 5 nitrogen and oxygen atoms in total. The van der Waals surface area contributed by atoms with E-state index in [-0.39, 0.29) is 30.7 Å². The molecule has 2 atom stereocenters. The Morgan fingerprint density at radius 2 is 1.70 bits per heavy atom. The molecule has 1 amide bonds. The first-order valence-electron chi connectivity index (χ1n) is 9.70. The first-order chi connectivity index (χ1) is 12.2. The number of carbonyl (C=O) groups is 1. The minimum atomic E-state index is 0. The summed E-state index contributed by atoms with van der Waals surface area (Å²) in [5.41, 5.74) is 0.710. The van der Waals surface area contributed by atoms with Crippen molar-refractivity contribution in [1.82, 2.24) is 15.5 Å². The molecule has 0 radical (unpaired) electrons. The summed E-state index contributed by atoms with van der Waals surface area (Å²) >= 11 is 0. The van der Waals surface area contributed by atoms with Gasteiger partial charge in [-0.1, -0.05) is 13.8 Å². The molecule has 0 saturated carbocycles. The highest BCUT2D eigenvalue weighted by atomic mass is 35.5. The van der Waals surface area contributed by atoms with Crippen molar-refractivity contribution in [2.45, 2.75) is 57.7 Å². The van der Waals surface area contributed by atoms with Gasteiger partial charge in [0.1, 0.15) is 12.4 Å². The van der Waals surface area contributed by atoms with E-state index in [1.165, 1.54) is 12.8 Å². The molecule has 2 heterocycles. The minimum Gasteiger partial charge on any atom is -0.492 e. The van der Waals surface area contributed by atoms with Crippen molar-refractivity contribution in [3.8, 4) is 5.75 Å². The summed E-state index contributed by atoms with van der Waals surface area (Å²) in [6, 6.07) is 8.98. The lowest BCUT2D eigenvalue weighted by atomic mass is 9.99. The number of piperidine rings is 1. The standard InChI is InChI=1S/C20H31N3O2.2ClH/c1-3-23(4-2)11-12-25-19-9-5-15(6-10-19)20(24)22-18-13-16-7-8-17(14-18)21-16;;/h5-6,9-10,16-18,21H,3-4,7-8,11-14H2,1-2H3,(H,22,24);2*1H. The monoisotopic (exact) mass is 417 g/mol. The number of nitrogens with one attached hydrogen (secondary N) is 2. The van der Waals surface area contributed by atoms with E-state index in [0.29, 0.717) is 30.3 Å². The third-order valence-electron chi connectivity index (χ3n) is 5.50. The SMILES string of the molecule is CCN(CC)CCOc1ccc(C(=O)NC2CC3CCC(C2)N3)cc1.Cl.Cl. The highest BCUT2D eigenvalue weighted by Crippen LogP contribution is 2.27. The van der Waals surface area contributed by atoms with Gasteiger partial charge in [-0.15, -0.1) is 24.8 Å². The zero-order valence-corrected chi connectivity index (χ0v) is 17.9. The van der Waals surface area contributed by atoms with Gasteiger partial charge in [-0.3, -0.25) is 4.79 Å². The number of hydrogen-bond acceptors (Lipinski definition) is 4. The topological polar surface area (TPSA) is 53.6 Å². The van der Waals surface area contributed by atoms with Crippen molar-refractivity contribution in [2.75, 3.05) is 26.2 Å². The Kier molecular flexibility index (Phi) is 10.5. The van der Waals surface area contributed by atoms with Crippen LogP contribution < -0.4 is 15.4 Å². The van der Waals surface area contributed by atoms with Crippen LogP contribution >= 0.6 is 24.8 Å². The molecule has 1 aromatic rings. The zero-order valence-electron chi connectivity index (χ0n) is 16.3. The molecule has 2 bridgehead atoms. The fourth-order valence-electron chi connectivity index (χ4n) is 3.98. The summed E-state index contributed by atoms with van der Waals surface area (Å²) in [5.74, 6) is 0.851. The second kappa shape index (κ2) is 11.7. The molecular weight excluding hydrogens is 385 g/mol. The molecule has 2 unspecified atom stereocenters. The summed E-state index contributed by atoms with van der Waals surface area (Å²) < 4.78 is 5.78. The van der Waals surface area contributed by atoms with Gasteiger partial charge in [0.05, 0.1) is 0 Å². The molecule has 1 aromatic carbocycles. The predicted octanol–water partition coefficient (Wildman–Crippen LogP) is 3.26. The zero-order chi connectivity index (χ0) is 17.6. The Hall–Kier alpha value is -1.01. The molecule has 2 aliphatic rings. The number of rotatable bonds is 8. The van der Waals surface area contributed by atoms with Gasteiger partial charge < -0.3 is 20.3 Å². The number of carbonyl (C=O) groups excluding carboxylic acids is 1. The van der Waals surface area contributed by atoms with Crippen LogP contribution in [0, 0.1) is 0 Å². The van der Waals surface area contributed by atoms with E-state index in [9.17, 15) is 4.79 Å². The third kappa shape index (κ3) is 6.83. The molecule has 0 aromatic heterocycles. The highest BCUT2D eigenvalue weighted by molar-refractivity contribution is 5.94. The fourth-order valence-corrected chi connectivity index (χ4v) is 3.98. The van der Waals surface area contributed by atoms with E-state index in [2.05, 4.69) is 29.4 Å². The molecule has 2 fully saturated rings. The Balaban J connectivity index is 0.00000182. The van der Waals surface area contributed by atoms with Crippen molar-refractivity contribution in [3.05, 3.63) is 29.8 Å². The molecule has 2 N–H and O–H groups in total. The number of amides is 1. The van der Waals surface area contributed by atoms with Crippen LogP contribution in [0.25, 0.3) is 0 Å². The van der Waals surface area contributed by atoms with Crippen LogP contribution in [0.15, 0.2) is 24.3 Å². The average molecular weight is 418 g/mol. The van der Waals surface area contributed by atoms with Crippen molar-refractivity contribution >= 4 is 30.7 Å². The van der Waals surface area contributed by atoms with E-state index < -0.39 is 0 Å². The molecule has 2 saturated heterocycles. The first-order valence-corrected chi connectivity index (χ1v) is 9.70. The molecule has 154 valence electrons. The summed E-state index contributed by atoms with van der Waals surface area (Å²) in [7, 11) is 0. The second-order valence-electron chi connectivity index (χ2n) is 7.18. The molecule has 0 aliphatic carbocycles.